The van der Waals surface area contributed by atoms with Gasteiger partial charge in [0.15, 0.2) is 0 Å². The number of morpholine rings is 1. The van der Waals surface area contributed by atoms with Gasteiger partial charge < -0.3 is 15.4 Å². The second-order valence-corrected chi connectivity index (χ2v) is 6.10. The van der Waals surface area contributed by atoms with Crippen molar-refractivity contribution in [2.75, 3.05) is 24.6 Å². The fourth-order valence-corrected chi connectivity index (χ4v) is 3.71. The normalized spacial score (nSPS) is 26.4. The van der Waals surface area contributed by atoms with E-state index in [-0.39, 0.29) is 0 Å². The molecular weight excluding hydrogens is 248 g/mol. The van der Waals surface area contributed by atoms with Crippen LogP contribution in [0.2, 0.25) is 0 Å². The molecule has 2 fully saturated rings. The van der Waals surface area contributed by atoms with Gasteiger partial charge in [0.1, 0.15) is 0 Å². The quantitative estimate of drug-likeness (QED) is 0.921. The summed E-state index contributed by atoms with van der Waals surface area (Å²) < 4.78 is 5.97. The lowest BCUT2D eigenvalue weighted by Crippen LogP contribution is -2.52. The van der Waals surface area contributed by atoms with Crippen molar-refractivity contribution in [3.05, 3.63) is 29.3 Å². The number of hydrogen-bond donors (Lipinski definition) is 1. The van der Waals surface area contributed by atoms with E-state index in [0.717, 1.165) is 26.1 Å². The van der Waals surface area contributed by atoms with E-state index in [4.69, 9.17) is 10.5 Å². The third kappa shape index (κ3) is 2.70. The second-order valence-electron chi connectivity index (χ2n) is 6.10. The van der Waals surface area contributed by atoms with E-state index in [1.165, 1.54) is 42.5 Å². The van der Waals surface area contributed by atoms with E-state index in [9.17, 15) is 0 Å². The lowest BCUT2D eigenvalue weighted by molar-refractivity contribution is -0.00868. The summed E-state index contributed by atoms with van der Waals surface area (Å²) in [6, 6.07) is 7.44. The highest BCUT2D eigenvalue weighted by Gasteiger charge is 2.34. The summed E-state index contributed by atoms with van der Waals surface area (Å²) in [5.74, 6) is 0. The number of anilines is 1. The summed E-state index contributed by atoms with van der Waals surface area (Å²) in [6.45, 7) is 4.82. The van der Waals surface area contributed by atoms with Crippen molar-refractivity contribution in [3.8, 4) is 0 Å². The van der Waals surface area contributed by atoms with Crippen LogP contribution < -0.4 is 10.6 Å². The first kappa shape index (κ1) is 13.9. The molecule has 2 N–H and O–H groups in total. The molecule has 0 spiro atoms. The topological polar surface area (TPSA) is 38.5 Å². The lowest BCUT2D eigenvalue weighted by Gasteiger charge is -2.45. The summed E-state index contributed by atoms with van der Waals surface area (Å²) in [5.41, 5.74) is 9.78. The Morgan fingerprint density at radius 3 is 2.95 bits per heavy atom. The number of nitrogens with zero attached hydrogens (tertiary/aromatic N) is 1. The number of aryl methyl sites for hydroxylation is 1. The van der Waals surface area contributed by atoms with Gasteiger partial charge in [0.05, 0.1) is 18.8 Å². The van der Waals surface area contributed by atoms with Gasteiger partial charge in [-0.15, -0.1) is 0 Å². The minimum atomic E-state index is 0.446. The maximum Gasteiger partial charge on any atom is 0.0779 e. The zero-order valence-electron chi connectivity index (χ0n) is 12.5. The average molecular weight is 274 g/mol. The Kier molecular flexibility index (Phi) is 4.27. The Morgan fingerprint density at radius 2 is 2.15 bits per heavy atom. The van der Waals surface area contributed by atoms with Crippen molar-refractivity contribution < 1.29 is 4.74 Å². The average Bonchev–Trinajstić information content (AvgIpc) is 2.49. The van der Waals surface area contributed by atoms with Gasteiger partial charge in [-0.3, -0.25) is 0 Å². The van der Waals surface area contributed by atoms with Crippen molar-refractivity contribution in [1.29, 1.82) is 0 Å². The minimum Gasteiger partial charge on any atom is -0.374 e. The molecule has 1 saturated carbocycles. The Labute approximate surface area is 122 Å². The molecule has 1 heterocycles. The largest absolute Gasteiger partial charge is 0.374 e. The SMILES string of the molecule is Cc1cc(N2CCOC3CCCCC32)ccc1CCN. The van der Waals surface area contributed by atoms with Gasteiger partial charge in [-0.1, -0.05) is 18.9 Å². The predicted molar refractivity (Wildman–Crippen MR) is 83.3 cm³/mol. The van der Waals surface area contributed by atoms with E-state index >= 15 is 0 Å². The monoisotopic (exact) mass is 274 g/mol. The fourth-order valence-electron chi connectivity index (χ4n) is 3.71. The van der Waals surface area contributed by atoms with Crippen LogP contribution in [0.5, 0.6) is 0 Å². The molecular formula is C17H26N2O. The maximum absolute atomic E-state index is 5.97. The van der Waals surface area contributed by atoms with Crippen molar-refractivity contribution in [3.63, 3.8) is 0 Å². The van der Waals surface area contributed by atoms with E-state index in [1.54, 1.807) is 0 Å². The van der Waals surface area contributed by atoms with Crippen molar-refractivity contribution in [2.45, 2.75) is 51.2 Å². The third-order valence-corrected chi connectivity index (χ3v) is 4.80. The molecule has 0 amide bonds. The third-order valence-electron chi connectivity index (χ3n) is 4.80. The first-order chi connectivity index (χ1) is 9.79. The number of fused-ring (bicyclic) bond motifs is 1. The van der Waals surface area contributed by atoms with Crippen molar-refractivity contribution >= 4 is 5.69 Å². The Bertz CT molecular complexity index is 458. The summed E-state index contributed by atoms with van der Waals surface area (Å²) in [7, 11) is 0. The maximum atomic E-state index is 5.97. The van der Waals surface area contributed by atoms with Gasteiger partial charge >= 0.3 is 0 Å². The number of rotatable bonds is 3. The lowest BCUT2D eigenvalue weighted by atomic mass is 9.89. The van der Waals surface area contributed by atoms with E-state index in [2.05, 4.69) is 30.0 Å². The molecule has 0 radical (unpaired) electrons. The molecule has 1 aromatic rings. The van der Waals surface area contributed by atoms with Crippen LogP contribution in [-0.2, 0) is 11.2 Å². The molecule has 20 heavy (non-hydrogen) atoms. The van der Waals surface area contributed by atoms with Crippen LogP contribution in [0.25, 0.3) is 0 Å². The van der Waals surface area contributed by atoms with Crippen LogP contribution in [0.15, 0.2) is 18.2 Å². The Morgan fingerprint density at radius 1 is 1.30 bits per heavy atom. The molecule has 3 rings (SSSR count). The summed E-state index contributed by atoms with van der Waals surface area (Å²) in [4.78, 5) is 2.58. The second kappa shape index (κ2) is 6.15. The van der Waals surface area contributed by atoms with E-state index < -0.39 is 0 Å². The van der Waals surface area contributed by atoms with Crippen molar-refractivity contribution in [1.82, 2.24) is 0 Å². The molecule has 2 atom stereocenters. The molecule has 3 heteroatoms. The van der Waals surface area contributed by atoms with Crippen LogP contribution >= 0.6 is 0 Å². The van der Waals surface area contributed by atoms with Crippen LogP contribution in [0.1, 0.15) is 36.8 Å². The zero-order chi connectivity index (χ0) is 13.9. The molecule has 1 aliphatic heterocycles. The van der Waals surface area contributed by atoms with Crippen LogP contribution in [0, 0.1) is 6.92 Å². The molecule has 3 nitrogen and oxygen atoms in total. The standard InChI is InChI=1S/C17H26N2O/c1-13-12-15(7-6-14(13)8-9-18)19-10-11-20-17-5-3-2-4-16(17)19/h6-7,12,16-17H,2-5,8-11,18H2,1H3. The molecule has 0 aromatic heterocycles. The minimum absolute atomic E-state index is 0.446. The fraction of sp³-hybridized carbons (Fsp3) is 0.647. The first-order valence-corrected chi connectivity index (χ1v) is 7.97. The van der Waals surface area contributed by atoms with Gasteiger partial charge in [0.25, 0.3) is 0 Å². The van der Waals surface area contributed by atoms with Crippen LogP contribution in [0.4, 0.5) is 5.69 Å². The van der Waals surface area contributed by atoms with Gasteiger partial charge in [0.2, 0.25) is 0 Å². The molecule has 2 unspecified atom stereocenters. The molecule has 1 saturated heterocycles. The van der Waals surface area contributed by atoms with Gasteiger partial charge in [-0.05, 0) is 56.0 Å². The summed E-state index contributed by atoms with van der Waals surface area (Å²) >= 11 is 0. The summed E-state index contributed by atoms with van der Waals surface area (Å²) in [6.07, 6.45) is 6.58. The van der Waals surface area contributed by atoms with Crippen LogP contribution in [0.3, 0.4) is 0 Å². The van der Waals surface area contributed by atoms with Gasteiger partial charge in [-0.2, -0.15) is 0 Å². The van der Waals surface area contributed by atoms with Gasteiger partial charge in [-0.25, -0.2) is 0 Å². The number of benzene rings is 1. The van der Waals surface area contributed by atoms with Gasteiger partial charge in [0, 0.05) is 12.2 Å². The Balaban J connectivity index is 1.82. The Hall–Kier alpha value is -1.06. The van der Waals surface area contributed by atoms with E-state index in [1.807, 2.05) is 0 Å². The highest BCUT2D eigenvalue weighted by Crippen LogP contribution is 2.32. The molecule has 1 aliphatic carbocycles. The highest BCUT2D eigenvalue weighted by atomic mass is 16.5. The molecule has 1 aromatic carbocycles. The predicted octanol–water partition coefficient (Wildman–Crippen LogP) is 2.64. The molecule has 2 aliphatic rings. The van der Waals surface area contributed by atoms with Crippen molar-refractivity contribution in [2.24, 2.45) is 5.73 Å². The number of ether oxygens (including phenoxy) is 1. The smallest absolute Gasteiger partial charge is 0.0779 e. The highest BCUT2D eigenvalue weighted by molar-refractivity contribution is 5.52. The zero-order valence-corrected chi connectivity index (χ0v) is 12.5. The van der Waals surface area contributed by atoms with E-state index in [0.29, 0.717) is 12.1 Å². The number of nitrogens with two attached hydrogens (primary N) is 1. The molecule has 110 valence electrons. The summed E-state index contributed by atoms with van der Waals surface area (Å²) in [5, 5.41) is 0. The molecule has 0 bridgehead atoms. The first-order valence-electron chi connectivity index (χ1n) is 7.97. The number of hydrogen-bond acceptors (Lipinski definition) is 3. The van der Waals surface area contributed by atoms with Crippen LogP contribution in [-0.4, -0.2) is 31.8 Å².